The van der Waals surface area contributed by atoms with Crippen molar-refractivity contribution in [2.75, 3.05) is 20.1 Å². The molecule has 0 aromatic carbocycles. The van der Waals surface area contributed by atoms with Crippen LogP contribution in [0.3, 0.4) is 0 Å². The zero-order valence-corrected chi connectivity index (χ0v) is 8.08. The number of nitrogens with zero attached hydrogens (tertiary/aromatic N) is 1. The number of esters is 1. The van der Waals surface area contributed by atoms with Crippen molar-refractivity contribution in [3.05, 3.63) is 0 Å². The second-order valence-electron chi connectivity index (χ2n) is 3.90. The average molecular weight is 185 g/mol. The minimum Gasteiger partial charge on any atom is -0.431 e. The van der Waals surface area contributed by atoms with Crippen LogP contribution < -0.4 is 0 Å². The lowest BCUT2D eigenvalue weighted by Crippen LogP contribution is -2.43. The highest BCUT2D eigenvalue weighted by Crippen LogP contribution is 2.33. The topological polar surface area (TPSA) is 38.8 Å². The molecule has 13 heavy (non-hydrogen) atoms. The van der Waals surface area contributed by atoms with Crippen molar-refractivity contribution < 1.29 is 14.3 Å². The van der Waals surface area contributed by atoms with Crippen LogP contribution in [0.5, 0.6) is 0 Å². The van der Waals surface area contributed by atoms with Gasteiger partial charge in [-0.25, -0.2) is 4.79 Å². The Morgan fingerprint density at radius 2 is 2.08 bits per heavy atom. The van der Waals surface area contributed by atoms with Crippen LogP contribution in [0.1, 0.15) is 19.8 Å². The number of hydrogen-bond acceptors (Lipinski definition) is 4. The number of carbonyl (C=O) groups excluding carboxylic acids is 1. The zero-order chi connectivity index (χ0) is 9.47. The minimum atomic E-state index is -0.594. The summed E-state index contributed by atoms with van der Waals surface area (Å²) in [4.78, 5) is 13.4. The van der Waals surface area contributed by atoms with Gasteiger partial charge in [0, 0.05) is 25.9 Å². The summed E-state index contributed by atoms with van der Waals surface area (Å²) in [6.07, 6.45) is 1.20. The largest absolute Gasteiger partial charge is 0.431 e. The van der Waals surface area contributed by atoms with Gasteiger partial charge < -0.3 is 14.4 Å². The van der Waals surface area contributed by atoms with Crippen LogP contribution >= 0.6 is 0 Å². The Bertz CT molecular complexity index is 221. The summed E-state index contributed by atoms with van der Waals surface area (Å²) in [5, 5.41) is 0. The first-order valence-corrected chi connectivity index (χ1v) is 4.71. The van der Waals surface area contributed by atoms with Crippen LogP contribution in [0.2, 0.25) is 0 Å². The third-order valence-electron chi connectivity index (χ3n) is 2.76. The van der Waals surface area contributed by atoms with Crippen LogP contribution in [-0.4, -0.2) is 42.9 Å². The molecule has 1 atom stereocenters. The molecule has 4 heteroatoms. The molecule has 1 spiro atoms. The Balaban J connectivity index is 2.03. The molecule has 74 valence electrons. The van der Waals surface area contributed by atoms with E-state index in [4.69, 9.17) is 9.47 Å². The van der Waals surface area contributed by atoms with Crippen molar-refractivity contribution in [3.8, 4) is 0 Å². The molecule has 0 aromatic heterocycles. The summed E-state index contributed by atoms with van der Waals surface area (Å²) in [5.41, 5.74) is 0. The van der Waals surface area contributed by atoms with Crippen LogP contribution in [0.4, 0.5) is 0 Å². The number of carbonyl (C=O) groups is 1. The summed E-state index contributed by atoms with van der Waals surface area (Å²) in [6, 6.07) is 0. The highest BCUT2D eigenvalue weighted by Gasteiger charge is 2.47. The maximum Gasteiger partial charge on any atom is 0.337 e. The van der Waals surface area contributed by atoms with Gasteiger partial charge in [0.05, 0.1) is 0 Å². The van der Waals surface area contributed by atoms with Gasteiger partial charge in [-0.1, -0.05) is 0 Å². The van der Waals surface area contributed by atoms with E-state index in [0.29, 0.717) is 0 Å². The van der Waals surface area contributed by atoms with Crippen molar-refractivity contribution in [1.29, 1.82) is 0 Å². The fourth-order valence-corrected chi connectivity index (χ4v) is 1.84. The van der Waals surface area contributed by atoms with Crippen LogP contribution in [0.25, 0.3) is 0 Å². The van der Waals surface area contributed by atoms with Crippen molar-refractivity contribution in [3.63, 3.8) is 0 Å². The Hall–Kier alpha value is -0.610. The first-order valence-electron chi connectivity index (χ1n) is 4.71. The first-order chi connectivity index (χ1) is 6.11. The molecule has 0 bridgehead atoms. The molecule has 0 aromatic rings. The molecular formula is C9H15NO3. The molecular weight excluding hydrogens is 170 g/mol. The standard InChI is InChI=1S/C9H15NO3/c1-7-8(11)13-9(12-7)3-5-10(2)6-4-9/h7H,3-6H2,1-2H3. The third-order valence-corrected chi connectivity index (χ3v) is 2.76. The fraction of sp³-hybridized carbons (Fsp3) is 0.889. The van der Waals surface area contributed by atoms with E-state index in [0.717, 1.165) is 25.9 Å². The number of ether oxygens (including phenoxy) is 2. The molecule has 0 aliphatic carbocycles. The molecule has 2 aliphatic heterocycles. The van der Waals surface area contributed by atoms with E-state index >= 15 is 0 Å². The average Bonchev–Trinajstić information content (AvgIpc) is 2.36. The highest BCUT2D eigenvalue weighted by molar-refractivity contribution is 5.76. The maximum atomic E-state index is 11.2. The zero-order valence-electron chi connectivity index (χ0n) is 8.08. The summed E-state index contributed by atoms with van der Waals surface area (Å²) in [6.45, 7) is 3.61. The molecule has 2 fully saturated rings. The van der Waals surface area contributed by atoms with Crippen LogP contribution in [0, 0.1) is 0 Å². The van der Waals surface area contributed by atoms with Gasteiger partial charge in [0.15, 0.2) is 6.10 Å². The van der Waals surface area contributed by atoms with Gasteiger partial charge >= 0.3 is 5.97 Å². The SMILES string of the molecule is CC1OC2(CCN(C)CC2)OC1=O. The van der Waals surface area contributed by atoms with Crippen LogP contribution in [-0.2, 0) is 14.3 Å². The van der Waals surface area contributed by atoms with Gasteiger partial charge in [-0.15, -0.1) is 0 Å². The van der Waals surface area contributed by atoms with Gasteiger partial charge in [-0.05, 0) is 14.0 Å². The van der Waals surface area contributed by atoms with E-state index in [1.807, 2.05) is 0 Å². The molecule has 0 saturated carbocycles. The Morgan fingerprint density at radius 1 is 1.46 bits per heavy atom. The lowest BCUT2D eigenvalue weighted by molar-refractivity contribution is -0.195. The minimum absolute atomic E-state index is 0.218. The summed E-state index contributed by atoms with van der Waals surface area (Å²) >= 11 is 0. The molecule has 1 unspecified atom stereocenters. The smallest absolute Gasteiger partial charge is 0.337 e. The normalized spacial score (nSPS) is 33.7. The van der Waals surface area contributed by atoms with Gasteiger partial charge in [-0.3, -0.25) is 0 Å². The van der Waals surface area contributed by atoms with E-state index in [-0.39, 0.29) is 12.1 Å². The van der Waals surface area contributed by atoms with E-state index < -0.39 is 5.79 Å². The van der Waals surface area contributed by atoms with Crippen molar-refractivity contribution in [2.45, 2.75) is 31.7 Å². The second-order valence-corrected chi connectivity index (χ2v) is 3.90. The number of likely N-dealkylation sites (tertiary alicyclic amines) is 1. The molecule has 2 aliphatic rings. The van der Waals surface area contributed by atoms with E-state index in [2.05, 4.69) is 11.9 Å². The predicted molar refractivity (Wildman–Crippen MR) is 46.1 cm³/mol. The molecule has 0 N–H and O–H groups in total. The Kier molecular flexibility index (Phi) is 2.04. The molecule has 2 saturated heterocycles. The number of piperidine rings is 1. The lowest BCUT2D eigenvalue weighted by atomic mass is 10.0. The lowest BCUT2D eigenvalue weighted by Gasteiger charge is -2.35. The third kappa shape index (κ3) is 1.56. The van der Waals surface area contributed by atoms with Gasteiger partial charge in [0.1, 0.15) is 0 Å². The maximum absolute atomic E-state index is 11.2. The monoisotopic (exact) mass is 185 g/mol. The fourth-order valence-electron chi connectivity index (χ4n) is 1.84. The van der Waals surface area contributed by atoms with Crippen LogP contribution in [0.15, 0.2) is 0 Å². The summed E-state index contributed by atoms with van der Waals surface area (Å²) in [5.74, 6) is -0.812. The quantitative estimate of drug-likeness (QED) is 0.511. The van der Waals surface area contributed by atoms with E-state index in [1.54, 1.807) is 6.92 Å². The van der Waals surface area contributed by atoms with Gasteiger partial charge in [0.2, 0.25) is 5.79 Å². The van der Waals surface area contributed by atoms with Crippen molar-refractivity contribution in [2.24, 2.45) is 0 Å². The molecule has 2 rings (SSSR count). The molecule has 4 nitrogen and oxygen atoms in total. The Morgan fingerprint density at radius 3 is 2.54 bits per heavy atom. The molecule has 0 radical (unpaired) electrons. The first kappa shape index (κ1) is 8.97. The number of rotatable bonds is 0. The summed E-state index contributed by atoms with van der Waals surface area (Å²) in [7, 11) is 2.06. The second kappa shape index (κ2) is 2.96. The highest BCUT2D eigenvalue weighted by atomic mass is 16.8. The van der Waals surface area contributed by atoms with Crippen molar-refractivity contribution >= 4 is 5.97 Å². The predicted octanol–water partition coefficient (Wildman–Crippen LogP) is 0.370. The van der Waals surface area contributed by atoms with Gasteiger partial charge in [0.25, 0.3) is 0 Å². The van der Waals surface area contributed by atoms with Gasteiger partial charge in [-0.2, -0.15) is 0 Å². The number of hydrogen-bond donors (Lipinski definition) is 0. The molecule has 0 amide bonds. The molecule has 2 heterocycles. The van der Waals surface area contributed by atoms with E-state index in [1.165, 1.54) is 0 Å². The van der Waals surface area contributed by atoms with Crippen molar-refractivity contribution in [1.82, 2.24) is 4.90 Å². The van der Waals surface area contributed by atoms with E-state index in [9.17, 15) is 4.79 Å². The summed E-state index contributed by atoms with van der Waals surface area (Å²) < 4.78 is 10.8. The Labute approximate surface area is 77.8 Å².